The minimum atomic E-state index is -0.411. The van der Waals surface area contributed by atoms with E-state index < -0.39 is 5.41 Å². The molecular weight excluding hydrogens is 278 g/mol. The Morgan fingerprint density at radius 2 is 2.05 bits per heavy atom. The molecule has 0 saturated heterocycles. The van der Waals surface area contributed by atoms with Crippen molar-refractivity contribution in [2.75, 3.05) is 7.11 Å². The Hall–Kier alpha value is -2.62. The van der Waals surface area contributed by atoms with Gasteiger partial charge in [-0.3, -0.25) is 9.78 Å². The zero-order valence-corrected chi connectivity index (χ0v) is 12.6. The van der Waals surface area contributed by atoms with E-state index in [1.54, 1.807) is 25.6 Å². The summed E-state index contributed by atoms with van der Waals surface area (Å²) in [6, 6.07) is 7.36. The standard InChI is InChI=1S/C18H15NO3/c1-18(2)13-8-10(21-3)4-5-11(13)16(20)15-12-9-19-7-6-14(12)22-17(15)18/h4-9H,1-3H3. The molecule has 0 N–H and O–H groups in total. The molecule has 0 unspecified atom stereocenters. The molecule has 2 heterocycles. The average Bonchev–Trinajstić information content (AvgIpc) is 2.93. The number of pyridine rings is 1. The number of ether oxygens (including phenoxy) is 1. The van der Waals surface area contributed by atoms with Crippen LogP contribution in [-0.2, 0) is 5.41 Å². The number of hydrogen-bond donors (Lipinski definition) is 0. The van der Waals surface area contributed by atoms with Crippen LogP contribution in [0.25, 0.3) is 11.0 Å². The quantitative estimate of drug-likeness (QED) is 0.686. The molecule has 1 aliphatic rings. The number of fused-ring (bicyclic) bond motifs is 4. The maximum Gasteiger partial charge on any atom is 0.197 e. The van der Waals surface area contributed by atoms with E-state index in [0.717, 1.165) is 16.7 Å². The number of benzene rings is 1. The first-order valence-corrected chi connectivity index (χ1v) is 7.14. The Labute approximate surface area is 127 Å². The Kier molecular flexibility index (Phi) is 2.49. The van der Waals surface area contributed by atoms with E-state index in [2.05, 4.69) is 18.8 Å². The largest absolute Gasteiger partial charge is 0.497 e. The van der Waals surface area contributed by atoms with Crippen LogP contribution in [0.5, 0.6) is 5.75 Å². The molecular formula is C18H15NO3. The van der Waals surface area contributed by atoms with Gasteiger partial charge in [0.05, 0.1) is 18.1 Å². The number of furan rings is 1. The highest BCUT2D eigenvalue weighted by Gasteiger charge is 2.41. The third-order valence-electron chi connectivity index (χ3n) is 4.43. The van der Waals surface area contributed by atoms with Crippen molar-refractivity contribution in [1.29, 1.82) is 0 Å². The van der Waals surface area contributed by atoms with Crippen molar-refractivity contribution in [1.82, 2.24) is 4.98 Å². The van der Waals surface area contributed by atoms with Gasteiger partial charge in [0, 0.05) is 23.4 Å². The number of hydrogen-bond acceptors (Lipinski definition) is 4. The van der Waals surface area contributed by atoms with Crippen molar-refractivity contribution in [3.05, 3.63) is 59.1 Å². The molecule has 3 aromatic rings. The summed E-state index contributed by atoms with van der Waals surface area (Å²) in [6.45, 7) is 4.12. The molecule has 0 bridgehead atoms. The van der Waals surface area contributed by atoms with Crippen molar-refractivity contribution in [3.8, 4) is 5.75 Å². The Morgan fingerprint density at radius 3 is 2.82 bits per heavy atom. The molecule has 0 atom stereocenters. The van der Waals surface area contributed by atoms with Gasteiger partial charge in [-0.25, -0.2) is 0 Å². The fraction of sp³-hybridized carbons (Fsp3) is 0.222. The van der Waals surface area contributed by atoms with E-state index in [9.17, 15) is 4.79 Å². The highest BCUT2D eigenvalue weighted by Crippen LogP contribution is 2.45. The lowest BCUT2D eigenvalue weighted by atomic mass is 9.72. The predicted molar refractivity (Wildman–Crippen MR) is 82.6 cm³/mol. The topological polar surface area (TPSA) is 52.3 Å². The number of carbonyl (C=O) groups is 1. The van der Waals surface area contributed by atoms with Crippen molar-refractivity contribution in [3.63, 3.8) is 0 Å². The summed E-state index contributed by atoms with van der Waals surface area (Å²) < 4.78 is 11.3. The molecule has 22 heavy (non-hydrogen) atoms. The normalized spacial score (nSPS) is 15.5. The lowest BCUT2D eigenvalue weighted by molar-refractivity contribution is 0.102. The van der Waals surface area contributed by atoms with Crippen molar-refractivity contribution in [2.45, 2.75) is 19.3 Å². The third kappa shape index (κ3) is 1.52. The lowest BCUT2D eigenvalue weighted by Crippen LogP contribution is -2.29. The summed E-state index contributed by atoms with van der Waals surface area (Å²) in [6.07, 6.45) is 3.37. The first-order valence-electron chi connectivity index (χ1n) is 7.14. The van der Waals surface area contributed by atoms with E-state index in [1.165, 1.54) is 0 Å². The molecule has 1 aliphatic carbocycles. The van der Waals surface area contributed by atoms with Crippen LogP contribution < -0.4 is 4.74 Å². The van der Waals surface area contributed by atoms with Gasteiger partial charge in [0.15, 0.2) is 5.78 Å². The second kappa shape index (κ2) is 4.19. The van der Waals surface area contributed by atoms with Gasteiger partial charge >= 0.3 is 0 Å². The second-order valence-corrected chi connectivity index (χ2v) is 6.04. The van der Waals surface area contributed by atoms with E-state index in [-0.39, 0.29) is 5.78 Å². The van der Waals surface area contributed by atoms with Crippen LogP contribution in [0.4, 0.5) is 0 Å². The van der Waals surface area contributed by atoms with Crippen molar-refractivity contribution >= 4 is 16.8 Å². The maximum atomic E-state index is 12.9. The molecule has 0 fully saturated rings. The van der Waals surface area contributed by atoms with Crippen LogP contribution >= 0.6 is 0 Å². The van der Waals surface area contributed by atoms with E-state index >= 15 is 0 Å². The molecule has 0 radical (unpaired) electrons. The summed E-state index contributed by atoms with van der Waals surface area (Å²) in [5.41, 5.74) is 2.54. The Balaban J connectivity index is 2.08. The van der Waals surface area contributed by atoms with Crippen LogP contribution in [-0.4, -0.2) is 17.9 Å². The summed E-state index contributed by atoms with van der Waals surface area (Å²) in [5.74, 6) is 1.42. The van der Waals surface area contributed by atoms with Crippen LogP contribution in [0.2, 0.25) is 0 Å². The Morgan fingerprint density at radius 1 is 1.23 bits per heavy atom. The van der Waals surface area contributed by atoms with Gasteiger partial charge < -0.3 is 9.15 Å². The number of nitrogens with zero attached hydrogens (tertiary/aromatic N) is 1. The third-order valence-corrected chi connectivity index (χ3v) is 4.43. The zero-order chi connectivity index (χ0) is 15.5. The molecule has 4 rings (SSSR count). The van der Waals surface area contributed by atoms with Gasteiger partial charge in [-0.1, -0.05) is 0 Å². The highest BCUT2D eigenvalue weighted by molar-refractivity contribution is 6.19. The SMILES string of the molecule is COc1ccc2c(c1)C(C)(C)c1oc3ccncc3c1C2=O. The minimum absolute atomic E-state index is 0.0151. The van der Waals surface area contributed by atoms with Gasteiger partial charge in [-0.15, -0.1) is 0 Å². The number of rotatable bonds is 1. The summed E-state index contributed by atoms with van der Waals surface area (Å²) in [7, 11) is 1.62. The van der Waals surface area contributed by atoms with E-state index in [1.807, 2.05) is 18.2 Å². The fourth-order valence-electron chi connectivity index (χ4n) is 3.23. The van der Waals surface area contributed by atoms with E-state index in [0.29, 0.717) is 22.5 Å². The summed E-state index contributed by atoms with van der Waals surface area (Å²) >= 11 is 0. The van der Waals surface area contributed by atoms with Crippen molar-refractivity contribution < 1.29 is 13.9 Å². The maximum absolute atomic E-state index is 12.9. The molecule has 1 aromatic carbocycles. The van der Waals surface area contributed by atoms with Crippen LogP contribution in [0, 0.1) is 0 Å². The first-order chi connectivity index (χ1) is 10.5. The number of methoxy groups -OCH3 is 1. The summed E-state index contributed by atoms with van der Waals surface area (Å²) in [4.78, 5) is 17.1. The molecule has 4 nitrogen and oxygen atoms in total. The van der Waals surface area contributed by atoms with Gasteiger partial charge in [-0.05, 0) is 43.7 Å². The van der Waals surface area contributed by atoms with E-state index in [4.69, 9.17) is 9.15 Å². The predicted octanol–water partition coefficient (Wildman–Crippen LogP) is 3.71. The second-order valence-electron chi connectivity index (χ2n) is 6.04. The molecule has 2 aromatic heterocycles. The van der Waals surface area contributed by atoms with Gasteiger partial charge in [0.25, 0.3) is 0 Å². The first kappa shape index (κ1) is 13.1. The molecule has 0 saturated carbocycles. The summed E-state index contributed by atoms with van der Waals surface area (Å²) in [5, 5.41) is 0.775. The van der Waals surface area contributed by atoms with Gasteiger partial charge in [-0.2, -0.15) is 0 Å². The number of carbonyl (C=O) groups excluding carboxylic acids is 1. The van der Waals surface area contributed by atoms with Crippen LogP contribution in [0.3, 0.4) is 0 Å². The number of aromatic nitrogens is 1. The van der Waals surface area contributed by atoms with Crippen LogP contribution in [0.15, 0.2) is 41.1 Å². The molecule has 0 spiro atoms. The lowest BCUT2D eigenvalue weighted by Gasteiger charge is -2.30. The number of ketones is 1. The average molecular weight is 293 g/mol. The van der Waals surface area contributed by atoms with Gasteiger partial charge in [0.2, 0.25) is 0 Å². The highest BCUT2D eigenvalue weighted by atomic mass is 16.5. The fourth-order valence-corrected chi connectivity index (χ4v) is 3.23. The molecule has 4 heteroatoms. The minimum Gasteiger partial charge on any atom is -0.497 e. The molecule has 110 valence electrons. The van der Waals surface area contributed by atoms with Gasteiger partial charge in [0.1, 0.15) is 17.1 Å². The monoisotopic (exact) mass is 293 g/mol. The Bertz CT molecular complexity index is 921. The van der Waals surface area contributed by atoms with Crippen LogP contribution in [0.1, 0.15) is 41.1 Å². The van der Waals surface area contributed by atoms with Crippen molar-refractivity contribution in [2.24, 2.45) is 0 Å². The molecule has 0 aliphatic heterocycles. The molecule has 0 amide bonds. The zero-order valence-electron chi connectivity index (χ0n) is 12.6. The smallest absolute Gasteiger partial charge is 0.197 e.